The predicted octanol–water partition coefficient (Wildman–Crippen LogP) is 2.02. The van der Waals surface area contributed by atoms with Crippen molar-refractivity contribution in [2.24, 2.45) is 5.73 Å². The third kappa shape index (κ3) is 3.69. The number of hydrogen-bond acceptors (Lipinski definition) is 5. The number of anilines is 1. The van der Waals surface area contributed by atoms with Crippen LogP contribution in [0.25, 0.3) is 0 Å². The first kappa shape index (κ1) is 14.8. The molecule has 1 amide bonds. The van der Waals surface area contributed by atoms with Crippen LogP contribution >= 0.6 is 33.9 Å². The van der Waals surface area contributed by atoms with Gasteiger partial charge in [0.25, 0.3) is 5.91 Å². The number of halogens is 1. The number of rotatable bonds is 2. The number of amides is 1. The Bertz CT molecular complexity index is 703. The topological polar surface area (TPSA) is 88.2 Å². The van der Waals surface area contributed by atoms with Gasteiger partial charge in [-0.15, -0.1) is 0 Å². The van der Waals surface area contributed by atoms with Crippen LogP contribution in [0.15, 0.2) is 24.4 Å². The summed E-state index contributed by atoms with van der Waals surface area (Å²) in [5.74, 6) is 5.08. The molecule has 1 aromatic heterocycles. The van der Waals surface area contributed by atoms with Crippen LogP contribution < -0.4 is 11.1 Å². The molecule has 7 heteroatoms. The van der Waals surface area contributed by atoms with Crippen molar-refractivity contribution in [1.29, 1.82) is 0 Å². The van der Waals surface area contributed by atoms with Crippen LogP contribution in [0.5, 0.6) is 5.75 Å². The Morgan fingerprint density at radius 2 is 2.35 bits per heavy atom. The number of benzene rings is 1. The highest BCUT2D eigenvalue weighted by Crippen LogP contribution is 2.22. The molecule has 0 aliphatic carbocycles. The number of phenols is 1. The number of nitrogens with one attached hydrogen (secondary N) is 1. The zero-order valence-electron chi connectivity index (χ0n) is 10.2. The molecule has 0 unspecified atom stereocenters. The highest BCUT2D eigenvalue weighted by Gasteiger charge is 2.13. The maximum Gasteiger partial charge on any atom is 0.261 e. The molecule has 20 heavy (non-hydrogen) atoms. The minimum atomic E-state index is -0.409. The fourth-order valence-corrected chi connectivity index (χ4v) is 2.56. The first-order valence-corrected chi connectivity index (χ1v) is 7.44. The van der Waals surface area contributed by atoms with Crippen molar-refractivity contribution < 1.29 is 9.90 Å². The summed E-state index contributed by atoms with van der Waals surface area (Å²) in [7, 11) is 0. The summed E-state index contributed by atoms with van der Waals surface area (Å²) >= 11 is 3.32. The summed E-state index contributed by atoms with van der Waals surface area (Å²) in [6, 6.07) is 4.81. The van der Waals surface area contributed by atoms with Gasteiger partial charge >= 0.3 is 0 Å². The third-order valence-electron chi connectivity index (χ3n) is 2.24. The smallest absolute Gasteiger partial charge is 0.261 e. The quantitative estimate of drug-likeness (QED) is 0.533. The molecular formula is C13H10IN3O2S. The molecule has 4 N–H and O–H groups in total. The summed E-state index contributed by atoms with van der Waals surface area (Å²) in [4.78, 5) is 16.8. The predicted molar refractivity (Wildman–Crippen MR) is 86.8 cm³/mol. The number of nitrogens with two attached hydrogens (primary N) is 1. The molecule has 0 saturated heterocycles. The molecular weight excluding hydrogens is 389 g/mol. The van der Waals surface area contributed by atoms with E-state index in [1.807, 2.05) is 0 Å². The van der Waals surface area contributed by atoms with Crippen LogP contribution in [-0.2, 0) is 0 Å². The van der Waals surface area contributed by atoms with Crippen LogP contribution in [-0.4, -0.2) is 22.5 Å². The molecule has 1 aromatic carbocycles. The Morgan fingerprint density at radius 1 is 1.55 bits per heavy atom. The normalized spacial score (nSPS) is 9.70. The standard InChI is InChI=1S/C13H10IN3O2S/c14-8-3-4-11(18)10(6-8)12(19)17-13-16-7-9(20-13)2-1-5-15/h3-4,6-7,18H,5,15H2,(H,16,17,19). The van der Waals surface area contributed by atoms with E-state index in [0.29, 0.717) is 5.13 Å². The van der Waals surface area contributed by atoms with Gasteiger partial charge in [-0.25, -0.2) is 4.98 Å². The average Bonchev–Trinajstić information content (AvgIpc) is 2.86. The number of carbonyl (C=O) groups excluding carboxylic acids is 1. The number of carbonyl (C=O) groups is 1. The fourth-order valence-electron chi connectivity index (χ4n) is 1.38. The highest BCUT2D eigenvalue weighted by molar-refractivity contribution is 14.1. The van der Waals surface area contributed by atoms with Gasteiger partial charge in [0.1, 0.15) is 5.75 Å². The van der Waals surface area contributed by atoms with Gasteiger partial charge in [0.05, 0.1) is 23.2 Å². The Kier molecular flexibility index (Phi) is 4.94. The van der Waals surface area contributed by atoms with E-state index in [9.17, 15) is 9.90 Å². The lowest BCUT2D eigenvalue weighted by molar-refractivity contribution is 0.102. The first-order chi connectivity index (χ1) is 9.60. The van der Waals surface area contributed by atoms with Gasteiger partial charge in [0.15, 0.2) is 5.13 Å². The maximum absolute atomic E-state index is 12.0. The first-order valence-electron chi connectivity index (χ1n) is 5.55. The molecule has 2 aromatic rings. The van der Waals surface area contributed by atoms with E-state index in [-0.39, 0.29) is 17.9 Å². The van der Waals surface area contributed by atoms with Gasteiger partial charge in [-0.1, -0.05) is 23.2 Å². The maximum atomic E-state index is 12.0. The Balaban J connectivity index is 2.15. The second-order valence-electron chi connectivity index (χ2n) is 3.65. The number of phenolic OH excluding ortho intramolecular Hbond substituents is 1. The zero-order chi connectivity index (χ0) is 14.5. The molecule has 1 heterocycles. The molecule has 0 spiro atoms. The minimum Gasteiger partial charge on any atom is -0.507 e. The molecule has 0 radical (unpaired) electrons. The summed E-state index contributed by atoms with van der Waals surface area (Å²) in [5.41, 5.74) is 5.49. The Hall–Kier alpha value is -1.63. The van der Waals surface area contributed by atoms with Crippen LogP contribution in [0.3, 0.4) is 0 Å². The van der Waals surface area contributed by atoms with Gasteiger partial charge in [-0.3, -0.25) is 10.1 Å². The molecule has 102 valence electrons. The monoisotopic (exact) mass is 399 g/mol. The van der Waals surface area contributed by atoms with E-state index in [1.165, 1.54) is 17.4 Å². The number of thiazole rings is 1. The molecule has 2 rings (SSSR count). The summed E-state index contributed by atoms with van der Waals surface area (Å²) < 4.78 is 0.860. The molecule has 0 saturated carbocycles. The van der Waals surface area contributed by atoms with Gasteiger partial charge < -0.3 is 10.8 Å². The van der Waals surface area contributed by atoms with Gasteiger partial charge in [0, 0.05) is 3.57 Å². The van der Waals surface area contributed by atoms with Crippen LogP contribution in [0.2, 0.25) is 0 Å². The number of aromatic hydroxyl groups is 1. The Labute approximate surface area is 133 Å². The van der Waals surface area contributed by atoms with E-state index in [0.717, 1.165) is 8.45 Å². The number of hydrogen-bond donors (Lipinski definition) is 3. The van der Waals surface area contributed by atoms with Crippen LogP contribution in [0.4, 0.5) is 5.13 Å². The van der Waals surface area contributed by atoms with E-state index in [4.69, 9.17) is 5.73 Å². The summed E-state index contributed by atoms with van der Waals surface area (Å²) in [6.07, 6.45) is 1.57. The molecule has 0 aliphatic rings. The van der Waals surface area contributed by atoms with Crippen LogP contribution in [0, 0.1) is 15.4 Å². The van der Waals surface area contributed by atoms with E-state index >= 15 is 0 Å². The minimum absolute atomic E-state index is 0.0670. The molecule has 0 fully saturated rings. The van der Waals surface area contributed by atoms with E-state index in [1.54, 1.807) is 18.3 Å². The van der Waals surface area contributed by atoms with Crippen molar-refractivity contribution in [3.05, 3.63) is 38.4 Å². The largest absolute Gasteiger partial charge is 0.507 e. The second kappa shape index (κ2) is 6.69. The average molecular weight is 399 g/mol. The molecule has 0 aliphatic heterocycles. The van der Waals surface area contributed by atoms with E-state index in [2.05, 4.69) is 44.7 Å². The number of nitrogens with zero attached hydrogens (tertiary/aromatic N) is 1. The second-order valence-corrected chi connectivity index (χ2v) is 5.93. The van der Waals surface area contributed by atoms with Crippen molar-refractivity contribution in [3.63, 3.8) is 0 Å². The lowest BCUT2D eigenvalue weighted by atomic mass is 10.2. The van der Waals surface area contributed by atoms with Gasteiger partial charge in [-0.05, 0) is 40.8 Å². The van der Waals surface area contributed by atoms with Gasteiger partial charge in [0.2, 0.25) is 0 Å². The van der Waals surface area contributed by atoms with Crippen LogP contribution in [0.1, 0.15) is 15.2 Å². The highest BCUT2D eigenvalue weighted by atomic mass is 127. The third-order valence-corrected chi connectivity index (χ3v) is 3.74. The zero-order valence-corrected chi connectivity index (χ0v) is 13.2. The van der Waals surface area contributed by atoms with Crippen molar-refractivity contribution >= 4 is 45.0 Å². The SMILES string of the molecule is NCC#Cc1cnc(NC(=O)c2cc(I)ccc2O)s1. The summed E-state index contributed by atoms with van der Waals surface area (Å²) in [6.45, 7) is 0.274. The summed E-state index contributed by atoms with van der Waals surface area (Å²) in [5, 5.41) is 12.7. The van der Waals surface area contributed by atoms with Crippen molar-refractivity contribution in [3.8, 4) is 17.6 Å². The van der Waals surface area contributed by atoms with Gasteiger partial charge in [-0.2, -0.15) is 0 Å². The van der Waals surface area contributed by atoms with Crippen molar-refractivity contribution in [2.75, 3.05) is 11.9 Å². The number of aromatic nitrogens is 1. The molecule has 5 nitrogen and oxygen atoms in total. The Morgan fingerprint density at radius 3 is 3.10 bits per heavy atom. The van der Waals surface area contributed by atoms with E-state index < -0.39 is 5.91 Å². The lowest BCUT2D eigenvalue weighted by Gasteiger charge is -2.04. The van der Waals surface area contributed by atoms with Crippen molar-refractivity contribution in [1.82, 2.24) is 4.98 Å². The molecule has 0 atom stereocenters. The fraction of sp³-hybridized carbons (Fsp3) is 0.0769. The van der Waals surface area contributed by atoms with Crippen molar-refractivity contribution in [2.45, 2.75) is 0 Å². The lowest BCUT2D eigenvalue weighted by Crippen LogP contribution is -2.12. The molecule has 0 bridgehead atoms.